The van der Waals surface area contributed by atoms with Crippen LogP contribution in [0, 0.1) is 0 Å². The Morgan fingerprint density at radius 2 is 1.80 bits per heavy atom. The first-order chi connectivity index (χ1) is 7.27. The van der Waals surface area contributed by atoms with Crippen molar-refractivity contribution in [1.82, 2.24) is 4.90 Å². The van der Waals surface area contributed by atoms with Crippen molar-refractivity contribution in [3.63, 3.8) is 0 Å². The molecule has 0 aromatic heterocycles. The van der Waals surface area contributed by atoms with Gasteiger partial charge in [-0.3, -0.25) is 4.79 Å². The van der Waals surface area contributed by atoms with E-state index in [1.807, 2.05) is 36.5 Å². The third kappa shape index (κ3) is 3.58. The second-order valence-corrected chi connectivity index (χ2v) is 3.27. The normalized spacial score (nSPS) is 10.5. The fourth-order valence-corrected chi connectivity index (χ4v) is 1.31. The summed E-state index contributed by atoms with van der Waals surface area (Å²) in [7, 11) is 0. The fourth-order valence-electron chi connectivity index (χ4n) is 1.31. The molecule has 0 aliphatic rings. The van der Waals surface area contributed by atoms with Crippen molar-refractivity contribution in [1.29, 1.82) is 0 Å². The summed E-state index contributed by atoms with van der Waals surface area (Å²) >= 11 is 0. The minimum absolute atomic E-state index is 0.0579. The smallest absolute Gasteiger partial charge is 0.187 e. The van der Waals surface area contributed by atoms with Crippen molar-refractivity contribution in [2.45, 2.75) is 13.8 Å². The average molecular weight is 203 g/mol. The van der Waals surface area contributed by atoms with Gasteiger partial charge in [0.1, 0.15) is 0 Å². The van der Waals surface area contributed by atoms with E-state index >= 15 is 0 Å². The first kappa shape index (κ1) is 11.5. The number of allylic oxidation sites excluding steroid dienone is 1. The molecule has 0 atom stereocenters. The Hall–Kier alpha value is -1.57. The van der Waals surface area contributed by atoms with Crippen LogP contribution in [0.5, 0.6) is 0 Å². The predicted octanol–water partition coefficient (Wildman–Crippen LogP) is 2.72. The van der Waals surface area contributed by atoms with E-state index in [2.05, 4.69) is 18.7 Å². The maximum Gasteiger partial charge on any atom is 0.187 e. The minimum atomic E-state index is 0.0579. The summed E-state index contributed by atoms with van der Waals surface area (Å²) in [5, 5.41) is 0. The van der Waals surface area contributed by atoms with E-state index in [9.17, 15) is 4.79 Å². The number of hydrogen-bond donors (Lipinski definition) is 0. The maximum absolute atomic E-state index is 11.7. The number of rotatable bonds is 5. The molecule has 0 fully saturated rings. The maximum atomic E-state index is 11.7. The zero-order chi connectivity index (χ0) is 11.1. The van der Waals surface area contributed by atoms with Crippen LogP contribution >= 0.6 is 0 Å². The summed E-state index contributed by atoms with van der Waals surface area (Å²) in [4.78, 5) is 13.8. The molecular formula is C13H17NO. The van der Waals surface area contributed by atoms with Gasteiger partial charge in [0.15, 0.2) is 5.78 Å². The van der Waals surface area contributed by atoms with E-state index in [4.69, 9.17) is 0 Å². The molecule has 2 heteroatoms. The first-order valence-corrected chi connectivity index (χ1v) is 5.29. The van der Waals surface area contributed by atoms with Gasteiger partial charge in [0.05, 0.1) is 0 Å². The van der Waals surface area contributed by atoms with E-state index in [0.29, 0.717) is 0 Å². The molecular weight excluding hydrogens is 186 g/mol. The van der Waals surface area contributed by atoms with Gasteiger partial charge in [0, 0.05) is 30.9 Å². The van der Waals surface area contributed by atoms with Gasteiger partial charge in [-0.1, -0.05) is 30.3 Å². The molecule has 80 valence electrons. The molecule has 0 saturated heterocycles. The Labute approximate surface area is 91.2 Å². The van der Waals surface area contributed by atoms with Crippen LogP contribution in [0.2, 0.25) is 0 Å². The van der Waals surface area contributed by atoms with E-state index in [-0.39, 0.29) is 5.78 Å². The van der Waals surface area contributed by atoms with E-state index in [1.54, 1.807) is 6.08 Å². The van der Waals surface area contributed by atoms with Gasteiger partial charge in [-0.05, 0) is 13.8 Å². The van der Waals surface area contributed by atoms with E-state index < -0.39 is 0 Å². The third-order valence-corrected chi connectivity index (χ3v) is 2.31. The van der Waals surface area contributed by atoms with Crippen molar-refractivity contribution in [2.75, 3.05) is 13.1 Å². The zero-order valence-electron chi connectivity index (χ0n) is 9.31. The Kier molecular flexibility index (Phi) is 4.61. The number of carbonyl (C=O) groups excluding carboxylic acids is 1. The number of hydrogen-bond acceptors (Lipinski definition) is 2. The van der Waals surface area contributed by atoms with Crippen LogP contribution in [0.15, 0.2) is 42.6 Å². The van der Waals surface area contributed by atoms with Gasteiger partial charge >= 0.3 is 0 Å². The molecule has 0 saturated carbocycles. The molecule has 0 radical (unpaired) electrons. The molecule has 0 spiro atoms. The lowest BCUT2D eigenvalue weighted by atomic mass is 10.1. The summed E-state index contributed by atoms with van der Waals surface area (Å²) in [6.07, 6.45) is 3.48. The molecule has 1 rings (SSSR count). The number of ketones is 1. The van der Waals surface area contributed by atoms with Crippen LogP contribution in [0.3, 0.4) is 0 Å². The van der Waals surface area contributed by atoms with Crippen LogP contribution < -0.4 is 0 Å². The Balaban J connectivity index is 2.63. The quantitative estimate of drug-likeness (QED) is 0.541. The molecule has 0 N–H and O–H groups in total. The first-order valence-electron chi connectivity index (χ1n) is 5.29. The van der Waals surface area contributed by atoms with E-state index in [0.717, 1.165) is 18.7 Å². The fraction of sp³-hybridized carbons (Fsp3) is 0.308. The molecule has 0 amide bonds. The highest BCUT2D eigenvalue weighted by Gasteiger charge is 1.99. The van der Waals surface area contributed by atoms with Crippen LogP contribution in [0.1, 0.15) is 24.2 Å². The van der Waals surface area contributed by atoms with Crippen molar-refractivity contribution >= 4 is 5.78 Å². The summed E-state index contributed by atoms with van der Waals surface area (Å²) in [6, 6.07) is 9.31. The second-order valence-electron chi connectivity index (χ2n) is 3.27. The van der Waals surface area contributed by atoms with Gasteiger partial charge in [-0.25, -0.2) is 0 Å². The zero-order valence-corrected chi connectivity index (χ0v) is 9.31. The molecule has 0 heterocycles. The van der Waals surface area contributed by atoms with Crippen molar-refractivity contribution in [3.8, 4) is 0 Å². The van der Waals surface area contributed by atoms with Gasteiger partial charge in [0.25, 0.3) is 0 Å². The topological polar surface area (TPSA) is 20.3 Å². The molecule has 0 aliphatic heterocycles. The highest BCUT2D eigenvalue weighted by atomic mass is 16.1. The van der Waals surface area contributed by atoms with Crippen LogP contribution in [0.25, 0.3) is 0 Å². The third-order valence-electron chi connectivity index (χ3n) is 2.31. The monoisotopic (exact) mass is 203 g/mol. The molecule has 1 aromatic rings. The average Bonchev–Trinajstić information content (AvgIpc) is 2.31. The Bertz CT molecular complexity index is 326. The summed E-state index contributed by atoms with van der Waals surface area (Å²) < 4.78 is 0. The lowest BCUT2D eigenvalue weighted by Gasteiger charge is -2.14. The van der Waals surface area contributed by atoms with Crippen molar-refractivity contribution in [3.05, 3.63) is 48.2 Å². The standard InChI is InChI=1S/C13H17NO/c1-3-14(4-2)11-10-13(15)12-8-6-5-7-9-12/h5-11H,3-4H2,1-2H3. The summed E-state index contributed by atoms with van der Waals surface area (Å²) in [6.45, 7) is 5.99. The van der Waals surface area contributed by atoms with Gasteiger partial charge in [0.2, 0.25) is 0 Å². The molecule has 0 bridgehead atoms. The minimum Gasteiger partial charge on any atom is -0.378 e. The molecule has 0 unspecified atom stereocenters. The SMILES string of the molecule is CCN(C=CC(=O)c1ccccc1)CC. The summed E-state index contributed by atoms with van der Waals surface area (Å²) in [5.74, 6) is 0.0579. The molecule has 0 aliphatic carbocycles. The number of nitrogens with zero attached hydrogens (tertiary/aromatic N) is 1. The van der Waals surface area contributed by atoms with Crippen LogP contribution in [-0.2, 0) is 0 Å². The van der Waals surface area contributed by atoms with Crippen molar-refractivity contribution in [2.24, 2.45) is 0 Å². The molecule has 2 nitrogen and oxygen atoms in total. The van der Waals surface area contributed by atoms with Crippen LogP contribution in [-0.4, -0.2) is 23.8 Å². The molecule has 15 heavy (non-hydrogen) atoms. The Morgan fingerprint density at radius 3 is 2.33 bits per heavy atom. The van der Waals surface area contributed by atoms with Gasteiger partial charge < -0.3 is 4.90 Å². The van der Waals surface area contributed by atoms with Crippen molar-refractivity contribution < 1.29 is 4.79 Å². The largest absolute Gasteiger partial charge is 0.378 e. The van der Waals surface area contributed by atoms with E-state index in [1.165, 1.54) is 0 Å². The highest BCUT2D eigenvalue weighted by molar-refractivity contribution is 6.04. The van der Waals surface area contributed by atoms with Gasteiger partial charge in [-0.2, -0.15) is 0 Å². The summed E-state index contributed by atoms with van der Waals surface area (Å²) in [5.41, 5.74) is 0.737. The predicted molar refractivity (Wildman–Crippen MR) is 62.8 cm³/mol. The van der Waals surface area contributed by atoms with Crippen LogP contribution in [0.4, 0.5) is 0 Å². The molecule has 1 aromatic carbocycles. The number of benzene rings is 1. The second kappa shape index (κ2) is 6.02. The lowest BCUT2D eigenvalue weighted by molar-refractivity contribution is 0.104. The number of carbonyl (C=O) groups is 1. The lowest BCUT2D eigenvalue weighted by Crippen LogP contribution is -2.15. The Morgan fingerprint density at radius 1 is 1.20 bits per heavy atom. The highest BCUT2D eigenvalue weighted by Crippen LogP contribution is 2.01. The van der Waals surface area contributed by atoms with Gasteiger partial charge in [-0.15, -0.1) is 0 Å².